The van der Waals surface area contributed by atoms with E-state index < -0.39 is 0 Å². The Morgan fingerprint density at radius 3 is 2.83 bits per heavy atom. The highest BCUT2D eigenvalue weighted by atomic mass is 16.5. The third-order valence-electron chi connectivity index (χ3n) is 3.12. The molecule has 1 aliphatic rings. The lowest BCUT2D eigenvalue weighted by Gasteiger charge is -2.18. The molecule has 90 valence electrons. The molecule has 1 N–H and O–H groups in total. The van der Waals surface area contributed by atoms with Crippen molar-refractivity contribution in [1.82, 2.24) is 0 Å². The lowest BCUT2D eigenvalue weighted by molar-refractivity contribution is 0.101. The molecule has 0 unspecified atom stereocenters. The molecule has 0 fully saturated rings. The van der Waals surface area contributed by atoms with Crippen LogP contribution in [0.1, 0.15) is 29.8 Å². The Balaban J connectivity index is 2.51. The summed E-state index contributed by atoms with van der Waals surface area (Å²) in [6.07, 6.45) is 1.93. The van der Waals surface area contributed by atoms with Gasteiger partial charge in [0.25, 0.3) is 0 Å². The van der Waals surface area contributed by atoms with E-state index in [2.05, 4.69) is 0 Å². The fourth-order valence-electron chi connectivity index (χ4n) is 2.45. The lowest BCUT2D eigenvalue weighted by atomic mass is 9.95. The largest absolute Gasteiger partial charge is 0.507 e. The van der Waals surface area contributed by atoms with E-state index in [9.17, 15) is 9.90 Å². The van der Waals surface area contributed by atoms with Gasteiger partial charge in [0.15, 0.2) is 5.78 Å². The van der Waals surface area contributed by atoms with Crippen molar-refractivity contribution in [1.29, 1.82) is 0 Å². The van der Waals surface area contributed by atoms with Crippen molar-refractivity contribution >= 4 is 22.6 Å². The van der Waals surface area contributed by atoms with Crippen LogP contribution in [0.15, 0.2) is 30.0 Å². The van der Waals surface area contributed by atoms with E-state index in [1.165, 1.54) is 13.0 Å². The first-order chi connectivity index (χ1) is 8.58. The van der Waals surface area contributed by atoms with Gasteiger partial charge >= 0.3 is 0 Å². The van der Waals surface area contributed by atoms with Gasteiger partial charge in [0.05, 0.1) is 5.56 Å². The number of rotatable bonds is 1. The second-order valence-corrected chi connectivity index (χ2v) is 4.45. The maximum atomic E-state index is 11.7. The quantitative estimate of drug-likeness (QED) is 0.776. The molecule has 0 aliphatic carbocycles. The topological polar surface area (TPSA) is 46.5 Å². The minimum Gasteiger partial charge on any atom is -0.507 e. The third kappa shape index (κ3) is 1.40. The summed E-state index contributed by atoms with van der Waals surface area (Å²) < 4.78 is 5.61. The van der Waals surface area contributed by atoms with E-state index in [-0.39, 0.29) is 11.5 Å². The summed E-state index contributed by atoms with van der Waals surface area (Å²) >= 11 is 0. The number of hydrogen-bond acceptors (Lipinski definition) is 3. The Labute approximate surface area is 104 Å². The average molecular weight is 240 g/mol. The van der Waals surface area contributed by atoms with Gasteiger partial charge in [0, 0.05) is 16.8 Å². The molecule has 0 bridgehead atoms. The fraction of sp³-hybridized carbons (Fsp3) is 0.133. The Kier molecular flexibility index (Phi) is 2.17. The molecule has 0 saturated heterocycles. The van der Waals surface area contributed by atoms with E-state index in [0.29, 0.717) is 11.3 Å². The second kappa shape index (κ2) is 3.60. The molecular weight excluding hydrogens is 228 g/mol. The van der Waals surface area contributed by atoms with E-state index >= 15 is 0 Å². The molecule has 1 heterocycles. The number of benzene rings is 2. The number of phenols is 1. The second-order valence-electron chi connectivity index (χ2n) is 4.45. The first-order valence-corrected chi connectivity index (χ1v) is 5.73. The molecular formula is C15H12O3. The molecule has 2 aromatic rings. The molecule has 3 rings (SSSR count). The first kappa shape index (κ1) is 10.8. The van der Waals surface area contributed by atoms with Crippen LogP contribution in [0.25, 0.3) is 16.8 Å². The average Bonchev–Trinajstić information content (AvgIpc) is 2.27. The highest BCUT2D eigenvalue weighted by Crippen LogP contribution is 2.41. The zero-order valence-electron chi connectivity index (χ0n) is 10.2. The van der Waals surface area contributed by atoms with Crippen molar-refractivity contribution in [3.8, 4) is 11.5 Å². The molecule has 1 aliphatic heterocycles. The predicted octanol–water partition coefficient (Wildman–Crippen LogP) is 3.50. The van der Waals surface area contributed by atoms with E-state index in [4.69, 9.17) is 4.74 Å². The molecule has 18 heavy (non-hydrogen) atoms. The summed E-state index contributed by atoms with van der Waals surface area (Å²) in [5.74, 6) is 1.19. The number of ketones is 1. The smallest absolute Gasteiger partial charge is 0.164 e. The van der Waals surface area contributed by atoms with Gasteiger partial charge in [0.2, 0.25) is 0 Å². The fourth-order valence-corrected chi connectivity index (χ4v) is 2.45. The van der Waals surface area contributed by atoms with Crippen LogP contribution in [0.2, 0.25) is 0 Å². The monoisotopic (exact) mass is 240 g/mol. The van der Waals surface area contributed by atoms with Gasteiger partial charge in [0.1, 0.15) is 17.3 Å². The number of Topliss-reactive ketones (excluding diaryl/α,β-unsaturated/α-hetero) is 1. The van der Waals surface area contributed by atoms with Crippen molar-refractivity contribution < 1.29 is 14.6 Å². The van der Waals surface area contributed by atoms with Gasteiger partial charge in [-0.25, -0.2) is 0 Å². The maximum absolute atomic E-state index is 11.7. The molecule has 2 aromatic carbocycles. The van der Waals surface area contributed by atoms with E-state index in [0.717, 1.165) is 22.1 Å². The number of ether oxygens (including phenoxy) is 1. The summed E-state index contributed by atoms with van der Waals surface area (Å²) in [7, 11) is 0. The van der Waals surface area contributed by atoms with Gasteiger partial charge in [-0.05, 0) is 25.5 Å². The minimum atomic E-state index is -0.150. The van der Waals surface area contributed by atoms with Gasteiger partial charge in [-0.2, -0.15) is 0 Å². The Morgan fingerprint density at radius 2 is 2.11 bits per heavy atom. The summed E-state index contributed by atoms with van der Waals surface area (Å²) in [5, 5.41) is 11.6. The molecule has 3 nitrogen and oxygen atoms in total. The summed E-state index contributed by atoms with van der Waals surface area (Å²) in [6, 6.07) is 7.19. The van der Waals surface area contributed by atoms with Crippen molar-refractivity contribution in [2.75, 3.05) is 0 Å². The molecule has 0 saturated carbocycles. The predicted molar refractivity (Wildman–Crippen MR) is 69.9 cm³/mol. The summed E-state index contributed by atoms with van der Waals surface area (Å²) in [6.45, 7) is 3.31. The maximum Gasteiger partial charge on any atom is 0.164 e. The SMILES string of the molecule is CC(=O)c1c(O)cc2c3c(cccc13)C=C(C)O2. The van der Waals surface area contributed by atoms with Gasteiger partial charge < -0.3 is 9.84 Å². The van der Waals surface area contributed by atoms with Gasteiger partial charge in [-0.3, -0.25) is 4.79 Å². The van der Waals surface area contributed by atoms with Crippen LogP contribution < -0.4 is 4.74 Å². The zero-order chi connectivity index (χ0) is 12.9. The highest BCUT2D eigenvalue weighted by Gasteiger charge is 2.20. The van der Waals surface area contributed by atoms with Crippen LogP contribution in [0, 0.1) is 0 Å². The number of aromatic hydroxyl groups is 1. The summed E-state index contributed by atoms with van der Waals surface area (Å²) in [4.78, 5) is 11.7. The summed E-state index contributed by atoms with van der Waals surface area (Å²) in [5.41, 5.74) is 1.36. The van der Waals surface area contributed by atoms with Crippen molar-refractivity contribution in [3.05, 3.63) is 41.2 Å². The molecule has 0 atom stereocenters. The van der Waals surface area contributed by atoms with Crippen LogP contribution in [0.5, 0.6) is 11.5 Å². The van der Waals surface area contributed by atoms with Crippen LogP contribution in [0.3, 0.4) is 0 Å². The molecule has 0 radical (unpaired) electrons. The molecule has 0 aromatic heterocycles. The van der Waals surface area contributed by atoms with Crippen LogP contribution >= 0.6 is 0 Å². The standard InChI is InChI=1S/C15H12O3/c1-8-6-10-4-3-5-11-14(9(2)16)12(17)7-13(18-8)15(10)11/h3-7,17H,1-2H3. The highest BCUT2D eigenvalue weighted by molar-refractivity contribution is 6.13. The van der Waals surface area contributed by atoms with E-state index in [1.54, 1.807) is 0 Å². The Hall–Kier alpha value is -2.29. The third-order valence-corrected chi connectivity index (χ3v) is 3.12. The van der Waals surface area contributed by atoms with Crippen LogP contribution in [-0.4, -0.2) is 10.9 Å². The van der Waals surface area contributed by atoms with Gasteiger partial charge in [-0.15, -0.1) is 0 Å². The normalized spacial score (nSPS) is 13.1. The molecule has 0 amide bonds. The van der Waals surface area contributed by atoms with Crippen molar-refractivity contribution in [2.45, 2.75) is 13.8 Å². The number of carbonyl (C=O) groups excluding carboxylic acids is 1. The van der Waals surface area contributed by atoms with Crippen LogP contribution in [0.4, 0.5) is 0 Å². The van der Waals surface area contributed by atoms with E-state index in [1.807, 2.05) is 31.2 Å². The number of carbonyl (C=O) groups is 1. The Bertz CT molecular complexity index is 711. The van der Waals surface area contributed by atoms with Crippen molar-refractivity contribution in [3.63, 3.8) is 0 Å². The number of phenolic OH excluding ortho intramolecular Hbond substituents is 1. The number of allylic oxidation sites excluding steroid dienone is 1. The molecule has 0 spiro atoms. The number of hydrogen-bond donors (Lipinski definition) is 1. The van der Waals surface area contributed by atoms with Crippen LogP contribution in [-0.2, 0) is 0 Å². The van der Waals surface area contributed by atoms with Gasteiger partial charge in [-0.1, -0.05) is 18.2 Å². The first-order valence-electron chi connectivity index (χ1n) is 5.73. The minimum absolute atomic E-state index is 0.0307. The zero-order valence-corrected chi connectivity index (χ0v) is 10.2. The van der Waals surface area contributed by atoms with Crippen molar-refractivity contribution in [2.24, 2.45) is 0 Å². The Morgan fingerprint density at radius 1 is 1.33 bits per heavy atom. The molecule has 3 heteroatoms. The lowest BCUT2D eigenvalue weighted by Crippen LogP contribution is -2.02.